The number of methoxy groups -OCH3 is 1. The number of aromatic nitrogens is 1. The van der Waals surface area contributed by atoms with Crippen LogP contribution in [0, 0.1) is 0 Å². The summed E-state index contributed by atoms with van der Waals surface area (Å²) in [4.78, 5) is 32.8. The lowest BCUT2D eigenvalue weighted by molar-refractivity contribution is -0.117. The number of aliphatic hydroxyl groups is 1. The van der Waals surface area contributed by atoms with Gasteiger partial charge in [-0.3, -0.25) is 14.5 Å². The Morgan fingerprint density at radius 2 is 1.82 bits per heavy atom. The Labute approximate surface area is 221 Å². The van der Waals surface area contributed by atoms with Crippen LogP contribution in [0.25, 0.3) is 11.0 Å². The Kier molecular flexibility index (Phi) is 5.89. The number of carbonyl (C=O) groups excluding carboxylic acids is 2. The fraction of sp³-hybridized carbons (Fsp3) is 0.0690. The van der Waals surface area contributed by atoms with Crippen LogP contribution in [-0.4, -0.2) is 28.9 Å². The first kappa shape index (κ1) is 23.5. The number of hydrogen-bond donors (Lipinski definition) is 1. The second kappa shape index (κ2) is 9.53. The number of rotatable bonds is 7. The number of para-hydroxylation sites is 2. The van der Waals surface area contributed by atoms with E-state index >= 15 is 0 Å². The number of benzene rings is 3. The molecule has 3 heterocycles. The number of anilines is 1. The van der Waals surface area contributed by atoms with Crippen molar-refractivity contribution in [3.8, 4) is 17.2 Å². The summed E-state index contributed by atoms with van der Waals surface area (Å²) in [5.74, 6) is -0.418. The molecule has 1 unspecified atom stereocenters. The van der Waals surface area contributed by atoms with E-state index in [1.165, 1.54) is 23.3 Å². The minimum atomic E-state index is -0.962. The van der Waals surface area contributed by atoms with Gasteiger partial charge in [-0.25, -0.2) is 4.98 Å². The molecule has 1 amide bonds. The van der Waals surface area contributed by atoms with Gasteiger partial charge in [0, 0.05) is 17.0 Å². The molecule has 8 nitrogen and oxygen atoms in total. The predicted octanol–water partition coefficient (Wildman–Crippen LogP) is 6.47. The molecular weight excluding hydrogens is 504 g/mol. The highest BCUT2D eigenvalue weighted by Crippen LogP contribution is 2.44. The maximum atomic E-state index is 13.9. The van der Waals surface area contributed by atoms with Gasteiger partial charge in [-0.2, -0.15) is 0 Å². The smallest absolute Gasteiger partial charge is 0.296 e. The average Bonchev–Trinajstić information content (AvgIpc) is 3.68. The van der Waals surface area contributed by atoms with E-state index in [4.69, 9.17) is 13.9 Å². The van der Waals surface area contributed by atoms with Gasteiger partial charge in [0.25, 0.3) is 5.91 Å². The van der Waals surface area contributed by atoms with Crippen LogP contribution < -0.4 is 14.4 Å². The lowest BCUT2D eigenvalue weighted by Crippen LogP contribution is -2.30. The standard InChI is InChI=1S/C29H20N2O6S/c1-35-21-12-6-8-18-16-22(37-27(18)21)25(32)23-24(31(28(34)26(23)33)29-30-13-14-38-29)17-7-5-11-20(15-17)36-19-9-3-2-4-10-19/h2-16,24,33H,1H3. The molecule has 0 aliphatic carbocycles. The van der Waals surface area contributed by atoms with Crippen molar-refractivity contribution < 1.29 is 28.6 Å². The summed E-state index contributed by atoms with van der Waals surface area (Å²) in [5, 5.41) is 13.7. The first-order valence-corrected chi connectivity index (χ1v) is 12.5. The first-order valence-electron chi connectivity index (χ1n) is 11.7. The zero-order valence-electron chi connectivity index (χ0n) is 20.0. The van der Waals surface area contributed by atoms with Crippen molar-refractivity contribution in [3.05, 3.63) is 113 Å². The predicted molar refractivity (Wildman–Crippen MR) is 142 cm³/mol. The van der Waals surface area contributed by atoms with Gasteiger partial charge < -0.3 is 19.0 Å². The van der Waals surface area contributed by atoms with Gasteiger partial charge in [-0.05, 0) is 42.0 Å². The number of Topliss-reactive ketones (excluding diaryl/α,β-unsaturated/α-hetero) is 1. The molecule has 6 rings (SSSR count). The molecule has 0 fully saturated rings. The Morgan fingerprint density at radius 3 is 2.58 bits per heavy atom. The Balaban J connectivity index is 1.45. The molecule has 0 bridgehead atoms. The Bertz CT molecular complexity index is 1690. The van der Waals surface area contributed by atoms with E-state index in [9.17, 15) is 14.7 Å². The highest BCUT2D eigenvalue weighted by atomic mass is 32.1. The maximum absolute atomic E-state index is 13.9. The molecule has 0 saturated carbocycles. The van der Waals surface area contributed by atoms with Crippen LogP contribution in [0.4, 0.5) is 5.13 Å². The third-order valence-electron chi connectivity index (χ3n) is 6.18. The number of aliphatic hydroxyl groups excluding tert-OH is 1. The van der Waals surface area contributed by atoms with E-state index in [2.05, 4.69) is 4.98 Å². The van der Waals surface area contributed by atoms with Gasteiger partial charge in [0.15, 0.2) is 28.0 Å². The summed E-state index contributed by atoms with van der Waals surface area (Å²) in [6, 6.07) is 22.2. The van der Waals surface area contributed by atoms with Crippen molar-refractivity contribution in [2.75, 3.05) is 12.0 Å². The molecule has 38 heavy (non-hydrogen) atoms. The van der Waals surface area contributed by atoms with Crippen molar-refractivity contribution in [3.63, 3.8) is 0 Å². The molecule has 0 radical (unpaired) electrons. The molecule has 3 aromatic carbocycles. The fourth-order valence-electron chi connectivity index (χ4n) is 4.50. The number of thiazole rings is 1. The molecule has 9 heteroatoms. The van der Waals surface area contributed by atoms with Crippen LogP contribution in [0.1, 0.15) is 22.2 Å². The lowest BCUT2D eigenvalue weighted by atomic mass is 9.95. The second-order valence-corrected chi connectivity index (χ2v) is 9.33. The van der Waals surface area contributed by atoms with Gasteiger partial charge in [0.2, 0.25) is 5.78 Å². The second-order valence-electron chi connectivity index (χ2n) is 8.46. The van der Waals surface area contributed by atoms with E-state index in [-0.39, 0.29) is 11.3 Å². The normalized spacial score (nSPS) is 15.3. The van der Waals surface area contributed by atoms with E-state index in [1.807, 2.05) is 30.3 Å². The lowest BCUT2D eigenvalue weighted by Gasteiger charge is -2.24. The molecule has 1 aliphatic rings. The van der Waals surface area contributed by atoms with E-state index in [1.54, 1.807) is 60.1 Å². The molecule has 1 aliphatic heterocycles. The van der Waals surface area contributed by atoms with Crippen molar-refractivity contribution in [1.29, 1.82) is 0 Å². The Morgan fingerprint density at radius 1 is 1.03 bits per heavy atom. The first-order chi connectivity index (χ1) is 18.5. The highest BCUT2D eigenvalue weighted by molar-refractivity contribution is 7.13. The summed E-state index contributed by atoms with van der Waals surface area (Å²) < 4.78 is 17.2. The topological polar surface area (TPSA) is 102 Å². The third-order valence-corrected chi connectivity index (χ3v) is 6.95. The molecular formula is C29H20N2O6S. The van der Waals surface area contributed by atoms with E-state index < -0.39 is 23.5 Å². The van der Waals surface area contributed by atoms with Crippen LogP contribution >= 0.6 is 11.3 Å². The van der Waals surface area contributed by atoms with Gasteiger partial charge in [-0.1, -0.05) is 42.5 Å². The van der Waals surface area contributed by atoms with Gasteiger partial charge in [-0.15, -0.1) is 11.3 Å². The number of ether oxygens (including phenoxy) is 2. The number of amides is 1. The van der Waals surface area contributed by atoms with E-state index in [0.717, 1.165) is 0 Å². The quantitative estimate of drug-likeness (QED) is 0.243. The third kappa shape index (κ3) is 3.99. The summed E-state index contributed by atoms with van der Waals surface area (Å²) in [7, 11) is 1.51. The molecule has 2 aromatic heterocycles. The minimum Gasteiger partial charge on any atom is -0.503 e. The molecule has 1 atom stereocenters. The summed E-state index contributed by atoms with van der Waals surface area (Å²) in [6.07, 6.45) is 1.56. The van der Waals surface area contributed by atoms with Crippen molar-refractivity contribution in [1.82, 2.24) is 4.98 Å². The monoisotopic (exact) mass is 524 g/mol. The fourth-order valence-corrected chi connectivity index (χ4v) is 5.17. The summed E-state index contributed by atoms with van der Waals surface area (Å²) >= 11 is 1.22. The van der Waals surface area contributed by atoms with Crippen molar-refractivity contribution in [2.45, 2.75) is 6.04 Å². The number of furan rings is 1. The summed E-state index contributed by atoms with van der Waals surface area (Å²) in [6.45, 7) is 0. The van der Waals surface area contributed by atoms with E-state index in [0.29, 0.717) is 38.9 Å². The number of nitrogens with zero attached hydrogens (tertiary/aromatic N) is 2. The zero-order valence-corrected chi connectivity index (χ0v) is 20.8. The van der Waals surface area contributed by atoms with Crippen LogP contribution in [0.2, 0.25) is 0 Å². The number of hydrogen-bond acceptors (Lipinski definition) is 8. The van der Waals surface area contributed by atoms with Crippen molar-refractivity contribution in [2.24, 2.45) is 0 Å². The number of carbonyl (C=O) groups is 2. The van der Waals surface area contributed by atoms with Crippen molar-refractivity contribution >= 4 is 39.1 Å². The molecule has 5 aromatic rings. The highest BCUT2D eigenvalue weighted by Gasteiger charge is 2.46. The van der Waals surface area contributed by atoms with Gasteiger partial charge in [0.05, 0.1) is 18.7 Å². The maximum Gasteiger partial charge on any atom is 0.296 e. The van der Waals surface area contributed by atoms with Crippen LogP contribution in [0.15, 0.2) is 106 Å². The number of fused-ring (bicyclic) bond motifs is 1. The summed E-state index contributed by atoms with van der Waals surface area (Å²) in [5.41, 5.74) is 0.845. The minimum absolute atomic E-state index is 0.0264. The van der Waals surface area contributed by atoms with Crippen LogP contribution in [0.5, 0.6) is 17.2 Å². The number of ketones is 1. The van der Waals surface area contributed by atoms with Gasteiger partial charge in [0.1, 0.15) is 11.5 Å². The van der Waals surface area contributed by atoms with Gasteiger partial charge >= 0.3 is 0 Å². The SMILES string of the molecule is COc1cccc2cc(C(=O)C3=C(O)C(=O)N(c4nccs4)C3c3cccc(Oc4ccccc4)c3)oc12. The molecule has 188 valence electrons. The largest absolute Gasteiger partial charge is 0.503 e. The Hall–Kier alpha value is -4.89. The molecule has 0 saturated heterocycles. The van der Waals surface area contributed by atoms with Crippen LogP contribution in [0.3, 0.4) is 0 Å². The van der Waals surface area contributed by atoms with Crippen LogP contribution in [-0.2, 0) is 4.79 Å². The average molecular weight is 525 g/mol. The molecule has 1 N–H and O–H groups in total. The molecule has 0 spiro atoms. The zero-order chi connectivity index (χ0) is 26.2.